The van der Waals surface area contributed by atoms with E-state index in [1.165, 1.54) is 19.2 Å². The van der Waals surface area contributed by atoms with Gasteiger partial charge in [0.05, 0.1) is 24.4 Å². The van der Waals surface area contributed by atoms with Crippen molar-refractivity contribution in [3.8, 4) is 5.75 Å². The van der Waals surface area contributed by atoms with Gasteiger partial charge in [-0.15, -0.1) is 0 Å². The molecule has 2 fully saturated rings. The van der Waals surface area contributed by atoms with Gasteiger partial charge in [0.1, 0.15) is 5.56 Å². The molecule has 1 heterocycles. The van der Waals surface area contributed by atoms with Crippen LogP contribution in [-0.2, 0) is 14.0 Å². The first-order valence-corrected chi connectivity index (χ1v) is 8.59. The molecule has 3 rings (SSSR count). The van der Waals surface area contributed by atoms with Gasteiger partial charge in [-0.3, -0.25) is 0 Å². The van der Waals surface area contributed by atoms with Crippen LogP contribution in [0.5, 0.6) is 5.75 Å². The second-order valence-corrected chi connectivity index (χ2v) is 7.60. The fourth-order valence-corrected chi connectivity index (χ4v) is 2.76. The maximum Gasteiger partial charge on any atom is 0.498 e. The molecule has 1 aromatic carbocycles. The van der Waals surface area contributed by atoms with Crippen LogP contribution in [0.15, 0.2) is 12.1 Å². The molecule has 0 aromatic heterocycles. The van der Waals surface area contributed by atoms with Crippen molar-refractivity contribution in [3.63, 3.8) is 0 Å². The third-order valence-electron chi connectivity index (χ3n) is 5.38. The summed E-state index contributed by atoms with van der Waals surface area (Å²) in [7, 11) is 0.399. The Bertz CT molecular complexity index is 668. The second-order valence-electron chi connectivity index (χ2n) is 7.60. The molecule has 1 aliphatic carbocycles. The maximum absolute atomic E-state index is 15.2. The Balaban J connectivity index is 1.98. The molecule has 5 nitrogen and oxygen atoms in total. The highest BCUT2D eigenvalue weighted by Crippen LogP contribution is 2.37. The van der Waals surface area contributed by atoms with Crippen molar-refractivity contribution in [2.75, 3.05) is 7.11 Å². The topological polar surface area (TPSA) is 54.0 Å². The molecule has 0 N–H and O–H groups in total. The van der Waals surface area contributed by atoms with Crippen LogP contribution in [0.25, 0.3) is 0 Å². The third-order valence-corrected chi connectivity index (χ3v) is 5.38. The number of benzene rings is 1. The number of ether oxygens (including phenoxy) is 2. The van der Waals surface area contributed by atoms with Crippen molar-refractivity contribution in [2.45, 2.75) is 64.3 Å². The highest BCUT2D eigenvalue weighted by atomic mass is 19.1. The van der Waals surface area contributed by atoms with E-state index in [0.717, 1.165) is 19.3 Å². The Kier molecular flexibility index (Phi) is 4.58. The van der Waals surface area contributed by atoms with Crippen molar-refractivity contribution < 1.29 is 28.0 Å². The van der Waals surface area contributed by atoms with Crippen LogP contribution in [0.1, 0.15) is 57.3 Å². The number of hydrogen-bond acceptors (Lipinski definition) is 5. The monoisotopic (exact) mass is 350 g/mol. The molecule has 0 unspecified atom stereocenters. The Morgan fingerprint density at radius 2 is 1.80 bits per heavy atom. The first-order valence-electron chi connectivity index (χ1n) is 8.59. The van der Waals surface area contributed by atoms with E-state index >= 15 is 4.39 Å². The van der Waals surface area contributed by atoms with E-state index in [2.05, 4.69) is 0 Å². The lowest BCUT2D eigenvalue weighted by Gasteiger charge is -2.32. The van der Waals surface area contributed by atoms with Crippen LogP contribution in [-0.4, -0.2) is 37.5 Å². The van der Waals surface area contributed by atoms with Crippen LogP contribution in [0.2, 0.25) is 0 Å². The zero-order valence-corrected chi connectivity index (χ0v) is 15.3. The number of carbonyl (C=O) groups is 1. The van der Waals surface area contributed by atoms with E-state index in [1.54, 1.807) is 0 Å². The molecule has 2 aliphatic rings. The molecule has 0 atom stereocenters. The molecule has 1 aliphatic heterocycles. The Labute approximate surface area is 147 Å². The van der Waals surface area contributed by atoms with Crippen molar-refractivity contribution in [1.82, 2.24) is 0 Å². The third kappa shape index (κ3) is 3.15. The smallest absolute Gasteiger partial charge is 0.486 e. The van der Waals surface area contributed by atoms with Crippen molar-refractivity contribution >= 4 is 18.6 Å². The maximum atomic E-state index is 15.2. The number of hydrogen-bond donors (Lipinski definition) is 0. The van der Waals surface area contributed by atoms with Gasteiger partial charge in [0, 0.05) is 5.46 Å². The van der Waals surface area contributed by atoms with E-state index in [1.807, 2.05) is 27.7 Å². The van der Waals surface area contributed by atoms with Gasteiger partial charge < -0.3 is 18.8 Å². The van der Waals surface area contributed by atoms with E-state index in [0.29, 0.717) is 0 Å². The van der Waals surface area contributed by atoms with Crippen LogP contribution < -0.4 is 10.2 Å². The lowest BCUT2D eigenvalue weighted by Crippen LogP contribution is -2.41. The zero-order chi connectivity index (χ0) is 18.4. The summed E-state index contributed by atoms with van der Waals surface area (Å²) in [5.41, 5.74) is -0.868. The number of halogens is 1. The van der Waals surface area contributed by atoms with Crippen molar-refractivity contribution in [3.05, 3.63) is 23.5 Å². The van der Waals surface area contributed by atoms with Gasteiger partial charge in [-0.25, -0.2) is 9.18 Å². The molecule has 0 spiro atoms. The summed E-state index contributed by atoms with van der Waals surface area (Å²) < 4.78 is 37.6. The quantitative estimate of drug-likeness (QED) is 0.617. The van der Waals surface area contributed by atoms with E-state index in [9.17, 15) is 4.79 Å². The van der Waals surface area contributed by atoms with Crippen LogP contribution in [0.3, 0.4) is 0 Å². The summed E-state index contributed by atoms with van der Waals surface area (Å²) in [4.78, 5) is 12.0. The molecule has 0 amide bonds. The Hall–Kier alpha value is -1.60. The molecule has 1 saturated carbocycles. The average molecular weight is 350 g/mol. The number of esters is 1. The lowest BCUT2D eigenvalue weighted by molar-refractivity contribution is 0.00578. The predicted molar refractivity (Wildman–Crippen MR) is 91.7 cm³/mol. The minimum absolute atomic E-state index is 0.0761. The Morgan fingerprint density at radius 3 is 2.28 bits per heavy atom. The largest absolute Gasteiger partial charge is 0.498 e. The molecular weight excluding hydrogens is 326 g/mol. The fraction of sp³-hybridized carbons (Fsp3) is 0.611. The minimum Gasteiger partial charge on any atom is -0.486 e. The fourth-order valence-electron chi connectivity index (χ4n) is 2.76. The summed E-state index contributed by atoms with van der Waals surface area (Å²) in [6.07, 6.45) is 2.66. The summed E-state index contributed by atoms with van der Waals surface area (Å²) in [6.45, 7) is 7.61. The van der Waals surface area contributed by atoms with E-state index < -0.39 is 30.1 Å². The Morgan fingerprint density at radius 1 is 1.20 bits per heavy atom. The van der Waals surface area contributed by atoms with Gasteiger partial charge in [-0.2, -0.15) is 0 Å². The first kappa shape index (κ1) is 18.2. The minimum atomic E-state index is -0.861. The molecule has 0 bridgehead atoms. The zero-order valence-electron chi connectivity index (χ0n) is 15.3. The normalized spacial score (nSPS) is 21.8. The van der Waals surface area contributed by atoms with Gasteiger partial charge in [0.25, 0.3) is 0 Å². The van der Waals surface area contributed by atoms with E-state index in [4.69, 9.17) is 18.8 Å². The number of methoxy groups -OCH3 is 1. The SMILES string of the molecule is COC(=O)c1ccc(B2OC(C)(C)C(C)(C)O2)c(F)c1OC1CCC1. The number of rotatable bonds is 4. The molecule has 25 heavy (non-hydrogen) atoms. The van der Waals surface area contributed by atoms with E-state index in [-0.39, 0.29) is 22.9 Å². The first-order chi connectivity index (χ1) is 11.7. The van der Waals surface area contributed by atoms with Crippen LogP contribution >= 0.6 is 0 Å². The van der Waals surface area contributed by atoms with Crippen LogP contribution in [0, 0.1) is 5.82 Å². The number of carbonyl (C=O) groups excluding carboxylic acids is 1. The average Bonchev–Trinajstić information content (AvgIpc) is 2.71. The molecule has 136 valence electrons. The molecule has 1 saturated heterocycles. The predicted octanol–water partition coefficient (Wildman–Crippen LogP) is 2.84. The summed E-state index contributed by atoms with van der Waals surface area (Å²) in [6, 6.07) is 3.00. The van der Waals surface area contributed by atoms with Gasteiger partial charge in [0.15, 0.2) is 11.6 Å². The second kappa shape index (κ2) is 6.29. The van der Waals surface area contributed by atoms with Crippen molar-refractivity contribution in [1.29, 1.82) is 0 Å². The molecule has 1 aromatic rings. The van der Waals surface area contributed by atoms with Gasteiger partial charge in [-0.05, 0) is 53.0 Å². The summed E-state index contributed by atoms with van der Waals surface area (Å²) in [5, 5.41) is 0. The standard InChI is InChI=1S/C18H24BFO5/c1-17(2)18(3,4)25-19(24-17)13-10-9-12(16(21)22-5)15(14(13)20)23-11-7-6-8-11/h9-11H,6-8H2,1-5H3. The van der Waals surface area contributed by atoms with Gasteiger partial charge in [0.2, 0.25) is 0 Å². The molecular formula is C18H24BFO5. The molecule has 0 radical (unpaired) electrons. The molecule has 7 heteroatoms. The van der Waals surface area contributed by atoms with Gasteiger partial charge in [-0.1, -0.05) is 6.07 Å². The highest BCUT2D eigenvalue weighted by Gasteiger charge is 2.52. The lowest BCUT2D eigenvalue weighted by atomic mass is 9.78. The summed E-state index contributed by atoms with van der Waals surface area (Å²) in [5.74, 6) is -1.34. The summed E-state index contributed by atoms with van der Waals surface area (Å²) >= 11 is 0. The van der Waals surface area contributed by atoms with Crippen molar-refractivity contribution in [2.24, 2.45) is 0 Å². The van der Waals surface area contributed by atoms with Gasteiger partial charge >= 0.3 is 13.1 Å². The van der Waals surface area contributed by atoms with Crippen LogP contribution in [0.4, 0.5) is 4.39 Å². The highest BCUT2D eigenvalue weighted by molar-refractivity contribution is 6.62.